The number of aromatic nitrogens is 2. The van der Waals surface area contributed by atoms with Crippen molar-refractivity contribution in [2.45, 2.75) is 19.9 Å². The fraction of sp³-hybridized carbons (Fsp3) is 0.333. The number of nitrogens with zero attached hydrogens (tertiary/aromatic N) is 2. The molecule has 1 aromatic heterocycles. The Kier molecular flexibility index (Phi) is 4.33. The first-order valence-corrected chi connectivity index (χ1v) is 6.51. The third-order valence-electron chi connectivity index (χ3n) is 2.34. The molecule has 0 atom stereocenters. The van der Waals surface area contributed by atoms with Gasteiger partial charge in [-0.05, 0) is 31.2 Å². The highest BCUT2D eigenvalue weighted by atomic mass is 32.1. The molecular formula is C12H13F2N3S. The molecule has 6 heteroatoms. The molecule has 0 spiro atoms. The van der Waals surface area contributed by atoms with Gasteiger partial charge in [0.1, 0.15) is 10.0 Å². The minimum Gasteiger partial charge on any atom is -0.310 e. The molecule has 3 nitrogen and oxygen atoms in total. The van der Waals surface area contributed by atoms with Crippen LogP contribution in [0.3, 0.4) is 0 Å². The van der Waals surface area contributed by atoms with Crippen LogP contribution in [0.2, 0.25) is 0 Å². The standard InChI is InChI=1S/C12H13F2N3S/c1-2-5-15-7-11-16-17-12(18-11)8-3-4-9(13)10(14)6-8/h3-4,6,15H,2,5,7H2,1H3. The van der Waals surface area contributed by atoms with E-state index < -0.39 is 11.6 Å². The molecule has 0 unspecified atom stereocenters. The van der Waals surface area contributed by atoms with Crippen LogP contribution in [0.1, 0.15) is 18.4 Å². The molecule has 18 heavy (non-hydrogen) atoms. The summed E-state index contributed by atoms with van der Waals surface area (Å²) in [4.78, 5) is 0. The van der Waals surface area contributed by atoms with E-state index in [-0.39, 0.29) is 0 Å². The van der Waals surface area contributed by atoms with E-state index >= 15 is 0 Å². The zero-order valence-electron chi connectivity index (χ0n) is 9.91. The lowest BCUT2D eigenvalue weighted by Gasteiger charge is -1.97. The van der Waals surface area contributed by atoms with E-state index in [1.54, 1.807) is 0 Å². The summed E-state index contributed by atoms with van der Waals surface area (Å²) < 4.78 is 25.9. The van der Waals surface area contributed by atoms with Crippen molar-refractivity contribution in [2.24, 2.45) is 0 Å². The quantitative estimate of drug-likeness (QED) is 0.848. The van der Waals surface area contributed by atoms with Crippen LogP contribution in [-0.4, -0.2) is 16.7 Å². The molecule has 1 aromatic carbocycles. The molecule has 0 fully saturated rings. The molecule has 1 heterocycles. The fourth-order valence-electron chi connectivity index (χ4n) is 1.44. The number of hydrogen-bond acceptors (Lipinski definition) is 4. The van der Waals surface area contributed by atoms with Gasteiger partial charge in [-0.2, -0.15) is 0 Å². The number of nitrogens with one attached hydrogen (secondary N) is 1. The highest BCUT2D eigenvalue weighted by molar-refractivity contribution is 7.14. The topological polar surface area (TPSA) is 37.8 Å². The maximum absolute atomic E-state index is 13.1. The first kappa shape index (κ1) is 13.0. The van der Waals surface area contributed by atoms with Crippen LogP contribution in [-0.2, 0) is 6.54 Å². The molecule has 0 bridgehead atoms. The van der Waals surface area contributed by atoms with Crippen molar-refractivity contribution >= 4 is 11.3 Å². The second-order valence-electron chi connectivity index (χ2n) is 3.81. The average Bonchev–Trinajstić information content (AvgIpc) is 2.82. The first-order valence-electron chi connectivity index (χ1n) is 5.69. The van der Waals surface area contributed by atoms with E-state index in [9.17, 15) is 8.78 Å². The van der Waals surface area contributed by atoms with Gasteiger partial charge in [-0.25, -0.2) is 8.78 Å². The van der Waals surface area contributed by atoms with Crippen LogP contribution in [0.15, 0.2) is 18.2 Å². The maximum Gasteiger partial charge on any atom is 0.159 e. The zero-order valence-corrected chi connectivity index (χ0v) is 10.7. The summed E-state index contributed by atoms with van der Waals surface area (Å²) >= 11 is 1.38. The second kappa shape index (κ2) is 5.97. The molecule has 0 aliphatic rings. The summed E-state index contributed by atoms with van der Waals surface area (Å²) in [6, 6.07) is 3.74. The lowest BCUT2D eigenvalue weighted by molar-refractivity contribution is 0.509. The molecule has 0 aliphatic heterocycles. The predicted molar refractivity (Wildman–Crippen MR) is 67.3 cm³/mol. The maximum atomic E-state index is 13.1. The normalized spacial score (nSPS) is 10.8. The van der Waals surface area contributed by atoms with Crippen LogP contribution in [0, 0.1) is 11.6 Å². The number of hydrogen-bond donors (Lipinski definition) is 1. The summed E-state index contributed by atoms with van der Waals surface area (Å²) in [5, 5.41) is 12.6. The number of rotatable bonds is 5. The Morgan fingerprint density at radius 3 is 2.78 bits per heavy atom. The molecule has 0 saturated carbocycles. The SMILES string of the molecule is CCCNCc1nnc(-c2ccc(F)c(F)c2)s1. The Labute approximate surface area is 108 Å². The van der Waals surface area contributed by atoms with Gasteiger partial charge in [0.15, 0.2) is 11.6 Å². The van der Waals surface area contributed by atoms with Gasteiger partial charge in [0.05, 0.1) is 0 Å². The van der Waals surface area contributed by atoms with E-state index in [0.717, 1.165) is 30.1 Å². The Morgan fingerprint density at radius 2 is 2.06 bits per heavy atom. The Bertz CT molecular complexity index is 528. The van der Waals surface area contributed by atoms with Crippen molar-refractivity contribution in [3.05, 3.63) is 34.8 Å². The van der Waals surface area contributed by atoms with E-state index in [1.807, 2.05) is 0 Å². The van der Waals surface area contributed by atoms with E-state index in [2.05, 4.69) is 22.4 Å². The molecule has 2 rings (SSSR count). The molecule has 0 amide bonds. The molecule has 0 aliphatic carbocycles. The van der Waals surface area contributed by atoms with Crippen molar-refractivity contribution in [3.8, 4) is 10.6 Å². The van der Waals surface area contributed by atoms with E-state index in [1.165, 1.54) is 17.4 Å². The van der Waals surface area contributed by atoms with Crippen LogP contribution < -0.4 is 5.32 Å². The monoisotopic (exact) mass is 269 g/mol. The van der Waals surface area contributed by atoms with Gasteiger partial charge >= 0.3 is 0 Å². The number of benzene rings is 1. The molecule has 2 aromatic rings. The molecule has 96 valence electrons. The van der Waals surface area contributed by atoms with Gasteiger partial charge in [0.2, 0.25) is 0 Å². The molecule has 0 radical (unpaired) electrons. The summed E-state index contributed by atoms with van der Waals surface area (Å²) in [7, 11) is 0. The highest BCUT2D eigenvalue weighted by Crippen LogP contribution is 2.24. The fourth-order valence-corrected chi connectivity index (χ4v) is 2.25. The third kappa shape index (κ3) is 3.08. The van der Waals surface area contributed by atoms with Crippen LogP contribution >= 0.6 is 11.3 Å². The largest absolute Gasteiger partial charge is 0.310 e. The Morgan fingerprint density at radius 1 is 1.22 bits per heavy atom. The Hall–Kier alpha value is -1.40. The second-order valence-corrected chi connectivity index (χ2v) is 4.87. The first-order chi connectivity index (χ1) is 8.70. The minimum absolute atomic E-state index is 0.549. The van der Waals surface area contributed by atoms with Crippen LogP contribution in [0.5, 0.6) is 0 Å². The van der Waals surface area contributed by atoms with Crippen molar-refractivity contribution in [1.82, 2.24) is 15.5 Å². The van der Waals surface area contributed by atoms with Gasteiger partial charge in [-0.3, -0.25) is 0 Å². The zero-order chi connectivity index (χ0) is 13.0. The van der Waals surface area contributed by atoms with Crippen molar-refractivity contribution in [2.75, 3.05) is 6.54 Å². The molecular weight excluding hydrogens is 256 g/mol. The molecule has 1 N–H and O–H groups in total. The number of halogens is 2. The van der Waals surface area contributed by atoms with Crippen LogP contribution in [0.4, 0.5) is 8.78 Å². The van der Waals surface area contributed by atoms with Gasteiger partial charge in [-0.15, -0.1) is 10.2 Å². The van der Waals surface area contributed by atoms with E-state index in [4.69, 9.17) is 0 Å². The summed E-state index contributed by atoms with van der Waals surface area (Å²) in [6.45, 7) is 3.65. The van der Waals surface area contributed by atoms with Crippen molar-refractivity contribution < 1.29 is 8.78 Å². The minimum atomic E-state index is -0.867. The average molecular weight is 269 g/mol. The summed E-state index contributed by atoms with van der Waals surface area (Å²) in [5.74, 6) is -1.72. The van der Waals surface area contributed by atoms with Crippen molar-refractivity contribution in [1.29, 1.82) is 0 Å². The van der Waals surface area contributed by atoms with Gasteiger partial charge in [-0.1, -0.05) is 18.3 Å². The predicted octanol–water partition coefficient (Wildman–Crippen LogP) is 2.98. The summed E-state index contributed by atoms with van der Waals surface area (Å²) in [5.41, 5.74) is 0.549. The van der Waals surface area contributed by atoms with Crippen molar-refractivity contribution in [3.63, 3.8) is 0 Å². The lowest BCUT2D eigenvalue weighted by Crippen LogP contribution is -2.13. The van der Waals surface area contributed by atoms with Gasteiger partial charge < -0.3 is 5.32 Å². The van der Waals surface area contributed by atoms with E-state index in [0.29, 0.717) is 17.1 Å². The Balaban J connectivity index is 2.11. The third-order valence-corrected chi connectivity index (χ3v) is 3.31. The summed E-state index contributed by atoms with van der Waals surface area (Å²) in [6.07, 6.45) is 1.05. The molecule has 0 saturated heterocycles. The van der Waals surface area contributed by atoms with Crippen LogP contribution in [0.25, 0.3) is 10.6 Å². The van der Waals surface area contributed by atoms with Gasteiger partial charge in [0.25, 0.3) is 0 Å². The lowest BCUT2D eigenvalue weighted by atomic mass is 10.2. The highest BCUT2D eigenvalue weighted by Gasteiger charge is 2.09. The van der Waals surface area contributed by atoms with Gasteiger partial charge in [0, 0.05) is 12.1 Å². The smallest absolute Gasteiger partial charge is 0.159 e.